The van der Waals surface area contributed by atoms with Crippen molar-refractivity contribution in [1.29, 1.82) is 5.26 Å². The Morgan fingerprint density at radius 3 is 2.63 bits per heavy atom. The number of fused-ring (bicyclic) bond motifs is 1. The molecule has 7 heteroatoms. The molecule has 0 bridgehead atoms. The first-order valence-electron chi connectivity index (χ1n) is 9.17. The van der Waals surface area contributed by atoms with Crippen molar-refractivity contribution in [3.8, 4) is 6.07 Å². The maximum Gasteiger partial charge on any atom is 0.246 e. The summed E-state index contributed by atoms with van der Waals surface area (Å²) in [6.45, 7) is 3.76. The van der Waals surface area contributed by atoms with Crippen LogP contribution in [0, 0.1) is 11.3 Å². The van der Waals surface area contributed by atoms with Gasteiger partial charge in [0.1, 0.15) is 12.1 Å². The molecule has 2 amide bonds. The molecule has 3 rings (SSSR count). The molecule has 2 aromatic rings. The second-order valence-electron chi connectivity index (χ2n) is 6.95. The molecule has 0 saturated carbocycles. The minimum atomic E-state index is -0.620. The highest BCUT2D eigenvalue weighted by Gasteiger charge is 2.45. The van der Waals surface area contributed by atoms with Crippen molar-refractivity contribution in [3.63, 3.8) is 0 Å². The van der Waals surface area contributed by atoms with Crippen molar-refractivity contribution in [3.05, 3.63) is 36.0 Å². The molecule has 0 radical (unpaired) electrons. The summed E-state index contributed by atoms with van der Waals surface area (Å²) in [7, 11) is 1.65. The Kier molecular flexibility index (Phi) is 5.47. The summed E-state index contributed by atoms with van der Waals surface area (Å²) in [6, 6.07) is 8.60. The molecule has 27 heavy (non-hydrogen) atoms. The fourth-order valence-electron chi connectivity index (χ4n) is 3.93. The van der Waals surface area contributed by atoms with Crippen LogP contribution in [-0.2, 0) is 9.59 Å². The highest BCUT2D eigenvalue weighted by Crippen LogP contribution is 2.37. The number of nitrogens with zero attached hydrogens (tertiary/aromatic N) is 4. The van der Waals surface area contributed by atoms with Crippen LogP contribution in [0.5, 0.6) is 0 Å². The first-order chi connectivity index (χ1) is 12.9. The predicted octanol–water partition coefficient (Wildman–Crippen LogP) is 3.15. The van der Waals surface area contributed by atoms with Gasteiger partial charge in [-0.1, -0.05) is 37.9 Å². The van der Waals surface area contributed by atoms with Gasteiger partial charge in [-0.25, -0.2) is 0 Å². The minimum Gasteiger partial charge on any atom is -0.332 e. The SMILES string of the molecule is CCC(c1cn(S)c2ccccc12)N1C(=O)[C@@H](C)N(C)C(=O)[C@@H]1CCC#N. The average Bonchev–Trinajstić information content (AvgIpc) is 3.01. The number of hydrogen-bond acceptors (Lipinski definition) is 4. The van der Waals surface area contributed by atoms with Crippen LogP contribution in [0.2, 0.25) is 0 Å². The quantitative estimate of drug-likeness (QED) is 0.805. The van der Waals surface area contributed by atoms with E-state index in [0.717, 1.165) is 16.5 Å². The Balaban J connectivity index is 2.11. The number of thiol groups is 1. The monoisotopic (exact) mass is 384 g/mol. The number of likely N-dealkylation sites (N-methyl/N-ethyl adjacent to an activating group) is 1. The van der Waals surface area contributed by atoms with E-state index < -0.39 is 12.1 Å². The van der Waals surface area contributed by atoms with Gasteiger partial charge >= 0.3 is 0 Å². The minimum absolute atomic E-state index is 0.0807. The van der Waals surface area contributed by atoms with Crippen LogP contribution in [-0.4, -0.2) is 44.7 Å². The van der Waals surface area contributed by atoms with E-state index >= 15 is 0 Å². The predicted molar refractivity (Wildman–Crippen MR) is 107 cm³/mol. The number of hydrogen-bond donors (Lipinski definition) is 1. The third-order valence-corrected chi connectivity index (χ3v) is 5.83. The van der Waals surface area contributed by atoms with Gasteiger partial charge in [-0.2, -0.15) is 5.26 Å². The summed E-state index contributed by atoms with van der Waals surface area (Å²) < 4.78 is 1.75. The molecule has 1 unspecified atom stereocenters. The second kappa shape index (κ2) is 7.65. The molecule has 6 nitrogen and oxygen atoms in total. The molecule has 0 spiro atoms. The smallest absolute Gasteiger partial charge is 0.246 e. The summed E-state index contributed by atoms with van der Waals surface area (Å²) in [5, 5.41) is 10.0. The number of carbonyl (C=O) groups excluding carboxylic acids is 2. The lowest BCUT2D eigenvalue weighted by Crippen LogP contribution is -2.63. The number of carbonyl (C=O) groups is 2. The highest BCUT2D eigenvalue weighted by atomic mass is 32.1. The lowest BCUT2D eigenvalue weighted by Gasteiger charge is -2.46. The van der Waals surface area contributed by atoms with E-state index in [4.69, 9.17) is 5.26 Å². The molecular formula is C20H24N4O2S. The zero-order chi connectivity index (χ0) is 19.7. The summed E-state index contributed by atoms with van der Waals surface area (Å²) in [5.41, 5.74) is 1.94. The molecule has 1 aromatic heterocycles. The van der Waals surface area contributed by atoms with Gasteiger partial charge in [0, 0.05) is 30.6 Å². The maximum absolute atomic E-state index is 13.2. The van der Waals surface area contributed by atoms with Crippen LogP contribution in [0.3, 0.4) is 0 Å². The van der Waals surface area contributed by atoms with Gasteiger partial charge < -0.3 is 9.80 Å². The van der Waals surface area contributed by atoms with E-state index in [9.17, 15) is 9.59 Å². The van der Waals surface area contributed by atoms with Gasteiger partial charge in [0.15, 0.2) is 0 Å². The van der Waals surface area contributed by atoms with Gasteiger partial charge in [0.25, 0.3) is 0 Å². The van der Waals surface area contributed by atoms with Gasteiger partial charge in [-0.15, -0.1) is 0 Å². The van der Waals surface area contributed by atoms with Crippen LogP contribution >= 0.6 is 12.8 Å². The van der Waals surface area contributed by atoms with E-state index in [-0.39, 0.29) is 24.3 Å². The molecule has 1 aliphatic heterocycles. The van der Waals surface area contributed by atoms with Crippen LogP contribution in [0.15, 0.2) is 30.5 Å². The van der Waals surface area contributed by atoms with E-state index in [1.807, 2.05) is 37.4 Å². The van der Waals surface area contributed by atoms with Crippen molar-refractivity contribution in [2.24, 2.45) is 0 Å². The second-order valence-corrected chi connectivity index (χ2v) is 7.38. The molecule has 2 heterocycles. The van der Waals surface area contributed by atoms with Crippen molar-refractivity contribution < 1.29 is 9.59 Å². The third kappa shape index (κ3) is 3.19. The Morgan fingerprint density at radius 2 is 1.96 bits per heavy atom. The number of aromatic nitrogens is 1. The Bertz CT molecular complexity index is 916. The number of nitriles is 1. The summed E-state index contributed by atoms with van der Waals surface area (Å²) in [4.78, 5) is 29.3. The van der Waals surface area contributed by atoms with Gasteiger partial charge in [-0.05, 0) is 25.8 Å². The van der Waals surface area contributed by atoms with E-state index in [0.29, 0.717) is 12.8 Å². The van der Waals surface area contributed by atoms with Crippen LogP contribution in [0.25, 0.3) is 10.9 Å². The molecule has 0 aliphatic carbocycles. The fraction of sp³-hybridized carbons (Fsp3) is 0.450. The number of benzene rings is 1. The van der Waals surface area contributed by atoms with Crippen molar-refractivity contribution in [2.45, 2.75) is 51.2 Å². The van der Waals surface area contributed by atoms with Gasteiger partial charge in [0.2, 0.25) is 11.8 Å². The largest absolute Gasteiger partial charge is 0.332 e. The third-order valence-electron chi connectivity index (χ3n) is 5.50. The zero-order valence-corrected chi connectivity index (χ0v) is 16.7. The first kappa shape index (κ1) is 19.3. The molecule has 142 valence electrons. The summed E-state index contributed by atoms with van der Waals surface area (Å²) in [6.07, 6.45) is 3.16. The average molecular weight is 385 g/mol. The lowest BCUT2D eigenvalue weighted by molar-refractivity contribution is -0.162. The first-order valence-corrected chi connectivity index (χ1v) is 9.57. The lowest BCUT2D eigenvalue weighted by atomic mass is 9.94. The molecule has 0 N–H and O–H groups in total. The van der Waals surface area contributed by atoms with Crippen LogP contribution in [0.1, 0.15) is 44.7 Å². The number of piperazine rings is 1. The Morgan fingerprint density at radius 1 is 1.26 bits per heavy atom. The van der Waals surface area contributed by atoms with E-state index in [2.05, 4.69) is 18.9 Å². The zero-order valence-electron chi connectivity index (χ0n) is 15.8. The van der Waals surface area contributed by atoms with Crippen molar-refractivity contribution in [2.75, 3.05) is 7.05 Å². The summed E-state index contributed by atoms with van der Waals surface area (Å²) in [5.74, 6) is -0.187. The Hall–Kier alpha value is -2.46. The molecule has 1 fully saturated rings. The fourth-order valence-corrected chi connectivity index (χ4v) is 4.23. The number of amides is 2. The molecule has 1 aliphatic rings. The van der Waals surface area contributed by atoms with Gasteiger partial charge in [-0.3, -0.25) is 13.6 Å². The molecule has 3 atom stereocenters. The molecule has 1 aromatic carbocycles. The Labute approximate surface area is 164 Å². The number of rotatable bonds is 5. The van der Waals surface area contributed by atoms with Crippen LogP contribution in [0.4, 0.5) is 0 Å². The molecular weight excluding hydrogens is 360 g/mol. The van der Waals surface area contributed by atoms with Crippen LogP contribution < -0.4 is 0 Å². The number of para-hydroxylation sites is 1. The van der Waals surface area contributed by atoms with Crippen molar-refractivity contribution >= 4 is 35.5 Å². The van der Waals surface area contributed by atoms with E-state index in [1.165, 1.54) is 4.90 Å². The topological polar surface area (TPSA) is 69.3 Å². The van der Waals surface area contributed by atoms with Gasteiger partial charge in [0.05, 0.1) is 17.6 Å². The highest BCUT2D eigenvalue weighted by molar-refractivity contribution is 7.78. The van der Waals surface area contributed by atoms with Crippen molar-refractivity contribution in [1.82, 2.24) is 13.8 Å². The summed E-state index contributed by atoms with van der Waals surface area (Å²) >= 11 is 4.51. The maximum atomic E-state index is 13.2. The standard InChI is InChI=1S/C20H24N4O2S/c1-4-16(15-12-23(27)17-9-6-5-8-14(15)17)24-18(10-7-11-21)20(26)22(3)13(2)19(24)25/h5-6,8-9,12-13,16,18,27H,4,7,10H2,1-3H3/t13-,16?,18+/m1/s1. The van der Waals surface area contributed by atoms with E-state index in [1.54, 1.807) is 22.8 Å². The molecule has 1 saturated heterocycles. The normalized spacial score (nSPS) is 21.6.